The third-order valence-corrected chi connectivity index (χ3v) is 2.69. The first kappa shape index (κ1) is 14.5. The summed E-state index contributed by atoms with van der Waals surface area (Å²) >= 11 is 0. The predicted molar refractivity (Wildman–Crippen MR) is 79.2 cm³/mol. The zero-order valence-electron chi connectivity index (χ0n) is 11.7. The fraction of sp³-hybridized carbons (Fsp3) is 0.133. The second-order valence-corrected chi connectivity index (χ2v) is 4.27. The van der Waals surface area contributed by atoms with Gasteiger partial charge in [0, 0.05) is 5.69 Å². The van der Waals surface area contributed by atoms with Crippen LogP contribution >= 0.6 is 0 Å². The van der Waals surface area contributed by atoms with Crippen molar-refractivity contribution in [3.05, 3.63) is 48.2 Å². The van der Waals surface area contributed by atoms with E-state index in [2.05, 4.69) is 15.6 Å². The Bertz CT molecular complexity index is 671. The zero-order valence-corrected chi connectivity index (χ0v) is 11.7. The fourth-order valence-electron chi connectivity index (χ4n) is 1.71. The van der Waals surface area contributed by atoms with Crippen LogP contribution in [-0.4, -0.2) is 23.9 Å². The average molecular weight is 285 g/mol. The van der Waals surface area contributed by atoms with Gasteiger partial charge in [0.25, 0.3) is 0 Å². The minimum absolute atomic E-state index is 0.329. The highest BCUT2D eigenvalue weighted by molar-refractivity contribution is 6.43. The lowest BCUT2D eigenvalue weighted by Crippen LogP contribution is -2.29. The molecule has 0 saturated heterocycles. The molecule has 6 nitrogen and oxygen atoms in total. The lowest BCUT2D eigenvalue weighted by atomic mass is 10.3. The van der Waals surface area contributed by atoms with Gasteiger partial charge in [-0.3, -0.25) is 9.59 Å². The molecule has 2 aromatic rings. The summed E-state index contributed by atoms with van der Waals surface area (Å²) in [7, 11) is 1.49. The Morgan fingerprint density at radius 2 is 1.71 bits per heavy atom. The van der Waals surface area contributed by atoms with E-state index in [9.17, 15) is 9.59 Å². The minimum atomic E-state index is -0.793. The first-order valence-corrected chi connectivity index (χ1v) is 6.29. The number of anilines is 2. The van der Waals surface area contributed by atoms with Crippen molar-refractivity contribution in [3.63, 3.8) is 0 Å². The summed E-state index contributed by atoms with van der Waals surface area (Å²) in [5.41, 5.74) is 1.18. The van der Waals surface area contributed by atoms with Gasteiger partial charge in [0.15, 0.2) is 0 Å². The number of hydrogen-bond donors (Lipinski definition) is 2. The average Bonchev–Trinajstić information content (AvgIpc) is 2.47. The molecule has 0 fully saturated rings. The summed E-state index contributed by atoms with van der Waals surface area (Å²) in [5, 5.41) is 4.93. The Kier molecular flexibility index (Phi) is 4.50. The summed E-state index contributed by atoms with van der Waals surface area (Å²) < 4.78 is 5.10. The number of amides is 2. The van der Waals surface area contributed by atoms with E-state index in [-0.39, 0.29) is 0 Å². The van der Waals surface area contributed by atoms with Crippen LogP contribution < -0.4 is 15.4 Å². The van der Waals surface area contributed by atoms with E-state index in [4.69, 9.17) is 4.74 Å². The van der Waals surface area contributed by atoms with Crippen LogP contribution in [-0.2, 0) is 9.59 Å². The lowest BCUT2D eigenvalue weighted by molar-refractivity contribution is -0.133. The van der Waals surface area contributed by atoms with Gasteiger partial charge in [-0.25, -0.2) is 4.98 Å². The highest BCUT2D eigenvalue weighted by Crippen LogP contribution is 2.22. The number of para-hydroxylation sites is 2. The number of pyridine rings is 1. The molecule has 1 aromatic carbocycles. The van der Waals surface area contributed by atoms with Crippen LogP contribution in [0.3, 0.4) is 0 Å². The maximum Gasteiger partial charge on any atom is 0.315 e. The van der Waals surface area contributed by atoms with Crippen molar-refractivity contribution in [2.24, 2.45) is 0 Å². The van der Waals surface area contributed by atoms with E-state index in [0.717, 1.165) is 5.69 Å². The van der Waals surface area contributed by atoms with E-state index < -0.39 is 11.8 Å². The molecule has 0 bridgehead atoms. The Balaban J connectivity index is 2.04. The van der Waals surface area contributed by atoms with Crippen molar-refractivity contribution in [1.29, 1.82) is 0 Å². The quantitative estimate of drug-likeness (QED) is 0.845. The highest BCUT2D eigenvalue weighted by atomic mass is 16.5. The molecule has 0 spiro atoms. The molecule has 2 rings (SSSR count). The molecule has 6 heteroatoms. The maximum absolute atomic E-state index is 11.9. The van der Waals surface area contributed by atoms with Crippen molar-refractivity contribution in [2.45, 2.75) is 6.92 Å². The normalized spacial score (nSPS) is 9.81. The van der Waals surface area contributed by atoms with Gasteiger partial charge < -0.3 is 15.4 Å². The molecule has 2 N–H and O–H groups in total. The number of aryl methyl sites for hydroxylation is 1. The van der Waals surface area contributed by atoms with Crippen LogP contribution in [0, 0.1) is 6.92 Å². The SMILES string of the molecule is COc1ccccc1NC(=O)C(=O)Nc1cccc(C)n1. The Morgan fingerprint density at radius 3 is 2.43 bits per heavy atom. The first-order valence-electron chi connectivity index (χ1n) is 6.29. The van der Waals surface area contributed by atoms with Gasteiger partial charge in [-0.15, -0.1) is 0 Å². The number of nitrogens with one attached hydrogen (secondary N) is 2. The van der Waals surface area contributed by atoms with Gasteiger partial charge in [0.1, 0.15) is 11.6 Å². The molecule has 0 aliphatic carbocycles. The van der Waals surface area contributed by atoms with Crippen LogP contribution in [0.2, 0.25) is 0 Å². The number of carbonyl (C=O) groups is 2. The summed E-state index contributed by atoms with van der Waals surface area (Å²) in [6.45, 7) is 1.80. The molecule has 0 atom stereocenters. The predicted octanol–water partition coefficient (Wildman–Crippen LogP) is 1.98. The second kappa shape index (κ2) is 6.51. The third kappa shape index (κ3) is 3.79. The number of carbonyl (C=O) groups excluding carboxylic acids is 2. The van der Waals surface area contributed by atoms with E-state index in [1.807, 2.05) is 0 Å². The van der Waals surface area contributed by atoms with Crippen LogP contribution in [0.15, 0.2) is 42.5 Å². The number of rotatable bonds is 3. The van der Waals surface area contributed by atoms with Crippen molar-refractivity contribution >= 4 is 23.3 Å². The fourth-order valence-corrected chi connectivity index (χ4v) is 1.71. The first-order chi connectivity index (χ1) is 10.1. The molecule has 108 valence electrons. The zero-order chi connectivity index (χ0) is 15.2. The van der Waals surface area contributed by atoms with Gasteiger partial charge in [-0.1, -0.05) is 18.2 Å². The molecular weight excluding hydrogens is 270 g/mol. The molecule has 0 aliphatic heterocycles. The van der Waals surface area contributed by atoms with Crippen molar-refractivity contribution in [1.82, 2.24) is 4.98 Å². The number of benzene rings is 1. The van der Waals surface area contributed by atoms with Gasteiger partial charge in [0.05, 0.1) is 12.8 Å². The number of aromatic nitrogens is 1. The van der Waals surface area contributed by atoms with Crippen molar-refractivity contribution < 1.29 is 14.3 Å². The number of ether oxygens (including phenoxy) is 1. The van der Waals surface area contributed by atoms with Gasteiger partial charge in [-0.05, 0) is 31.2 Å². The van der Waals surface area contributed by atoms with E-state index in [0.29, 0.717) is 17.3 Å². The van der Waals surface area contributed by atoms with E-state index in [1.54, 1.807) is 49.4 Å². The lowest BCUT2D eigenvalue weighted by Gasteiger charge is -2.09. The molecule has 1 aromatic heterocycles. The Labute approximate surface area is 122 Å². The topological polar surface area (TPSA) is 80.3 Å². The maximum atomic E-state index is 11.9. The molecule has 1 heterocycles. The summed E-state index contributed by atoms with van der Waals surface area (Å²) in [6.07, 6.45) is 0. The van der Waals surface area contributed by atoms with Crippen LogP contribution in [0.5, 0.6) is 5.75 Å². The van der Waals surface area contributed by atoms with Crippen LogP contribution in [0.1, 0.15) is 5.69 Å². The van der Waals surface area contributed by atoms with Crippen LogP contribution in [0.4, 0.5) is 11.5 Å². The highest BCUT2D eigenvalue weighted by Gasteiger charge is 2.16. The molecule has 0 saturated carbocycles. The van der Waals surface area contributed by atoms with Gasteiger partial charge in [0.2, 0.25) is 0 Å². The Hall–Kier alpha value is -2.89. The van der Waals surface area contributed by atoms with Gasteiger partial charge in [-0.2, -0.15) is 0 Å². The summed E-state index contributed by atoms with van der Waals surface area (Å²) in [4.78, 5) is 27.8. The molecule has 0 radical (unpaired) electrons. The monoisotopic (exact) mass is 285 g/mol. The molecule has 2 amide bonds. The summed E-state index contributed by atoms with van der Waals surface area (Å²) in [6, 6.07) is 12.0. The van der Waals surface area contributed by atoms with E-state index >= 15 is 0 Å². The molecule has 21 heavy (non-hydrogen) atoms. The van der Waals surface area contributed by atoms with Gasteiger partial charge >= 0.3 is 11.8 Å². The van der Waals surface area contributed by atoms with Crippen molar-refractivity contribution in [2.75, 3.05) is 17.7 Å². The van der Waals surface area contributed by atoms with E-state index in [1.165, 1.54) is 7.11 Å². The second-order valence-electron chi connectivity index (χ2n) is 4.27. The smallest absolute Gasteiger partial charge is 0.315 e. The summed E-state index contributed by atoms with van der Waals surface area (Å²) in [5.74, 6) is -0.774. The largest absolute Gasteiger partial charge is 0.495 e. The number of hydrogen-bond acceptors (Lipinski definition) is 4. The standard InChI is InChI=1S/C15H15N3O3/c1-10-6-5-9-13(16-10)18-15(20)14(19)17-11-7-3-4-8-12(11)21-2/h3-9H,1-2H3,(H,17,19)(H,16,18,20). The third-order valence-electron chi connectivity index (χ3n) is 2.69. The molecular formula is C15H15N3O3. The van der Waals surface area contributed by atoms with Crippen molar-refractivity contribution in [3.8, 4) is 5.75 Å². The molecule has 0 aliphatic rings. The molecule has 0 unspecified atom stereocenters. The number of nitrogens with zero attached hydrogens (tertiary/aromatic N) is 1. The Morgan fingerprint density at radius 1 is 1.00 bits per heavy atom. The minimum Gasteiger partial charge on any atom is -0.495 e. The number of methoxy groups -OCH3 is 1. The van der Waals surface area contributed by atoms with Crippen LogP contribution in [0.25, 0.3) is 0 Å².